The lowest BCUT2D eigenvalue weighted by Crippen LogP contribution is -2.46. The summed E-state index contributed by atoms with van der Waals surface area (Å²) >= 11 is 0. The van der Waals surface area contributed by atoms with Crippen molar-refractivity contribution in [3.05, 3.63) is 76.3 Å². The van der Waals surface area contributed by atoms with Crippen LogP contribution in [-0.2, 0) is 19.6 Å². The molecular formula is C22H23N5O. The van der Waals surface area contributed by atoms with Gasteiger partial charge in [0.25, 0.3) is 5.56 Å². The molecule has 0 unspecified atom stereocenters. The highest BCUT2D eigenvalue weighted by atomic mass is 16.1. The zero-order valence-corrected chi connectivity index (χ0v) is 15.8. The van der Waals surface area contributed by atoms with Crippen molar-refractivity contribution >= 4 is 10.9 Å². The largest absolute Gasteiger partial charge is 0.297 e. The third-order valence-corrected chi connectivity index (χ3v) is 5.25. The second-order valence-corrected chi connectivity index (χ2v) is 7.13. The van der Waals surface area contributed by atoms with Gasteiger partial charge in [0.05, 0.1) is 23.5 Å². The number of piperazine rings is 1. The quantitative estimate of drug-likeness (QED) is 0.686. The summed E-state index contributed by atoms with van der Waals surface area (Å²) in [6.07, 6.45) is 0. The lowest BCUT2D eigenvalue weighted by molar-refractivity contribution is 0.118. The molecule has 0 aliphatic carbocycles. The minimum Gasteiger partial charge on any atom is -0.297 e. The van der Waals surface area contributed by atoms with Crippen LogP contribution in [0.2, 0.25) is 0 Å². The Kier molecular flexibility index (Phi) is 5.47. The summed E-state index contributed by atoms with van der Waals surface area (Å²) in [4.78, 5) is 22.2. The molecule has 0 saturated carbocycles. The molecule has 0 N–H and O–H groups in total. The Morgan fingerprint density at radius 2 is 1.54 bits per heavy atom. The van der Waals surface area contributed by atoms with E-state index < -0.39 is 0 Å². The van der Waals surface area contributed by atoms with Crippen LogP contribution in [0.1, 0.15) is 11.4 Å². The van der Waals surface area contributed by atoms with Crippen LogP contribution in [0, 0.1) is 11.3 Å². The Morgan fingerprint density at radius 1 is 0.893 bits per heavy atom. The van der Waals surface area contributed by atoms with Crippen molar-refractivity contribution in [2.45, 2.75) is 19.6 Å². The van der Waals surface area contributed by atoms with Gasteiger partial charge in [0, 0.05) is 32.7 Å². The molecule has 4 rings (SSSR count). The molecular weight excluding hydrogens is 350 g/mol. The maximum Gasteiger partial charge on any atom is 0.262 e. The van der Waals surface area contributed by atoms with E-state index in [0.717, 1.165) is 32.7 Å². The summed E-state index contributed by atoms with van der Waals surface area (Å²) in [5, 5.41) is 9.73. The van der Waals surface area contributed by atoms with E-state index in [1.54, 1.807) is 6.07 Å². The van der Waals surface area contributed by atoms with Crippen LogP contribution in [0.4, 0.5) is 0 Å². The van der Waals surface area contributed by atoms with Crippen LogP contribution in [0.5, 0.6) is 0 Å². The highest BCUT2D eigenvalue weighted by Gasteiger charge is 2.20. The fourth-order valence-corrected chi connectivity index (χ4v) is 3.72. The number of hydrogen-bond acceptors (Lipinski definition) is 5. The van der Waals surface area contributed by atoms with Crippen molar-refractivity contribution in [1.29, 1.82) is 5.26 Å². The van der Waals surface area contributed by atoms with E-state index in [1.807, 2.05) is 24.3 Å². The van der Waals surface area contributed by atoms with E-state index in [-0.39, 0.29) is 12.1 Å². The molecule has 142 valence electrons. The molecule has 3 aromatic rings. The summed E-state index contributed by atoms with van der Waals surface area (Å²) in [6, 6.07) is 19.9. The van der Waals surface area contributed by atoms with E-state index in [1.165, 1.54) is 10.1 Å². The SMILES string of the molecule is N#CCn1c(CN2CCN(Cc3ccccc3)CC2)nc2ccccc2c1=O. The number of rotatable bonds is 5. The Balaban J connectivity index is 1.47. The third-order valence-electron chi connectivity index (χ3n) is 5.25. The number of para-hydroxylation sites is 1. The van der Waals surface area contributed by atoms with Crippen LogP contribution in [0.25, 0.3) is 10.9 Å². The molecule has 1 aliphatic rings. The summed E-state index contributed by atoms with van der Waals surface area (Å²) in [6.45, 7) is 5.36. The monoisotopic (exact) mass is 373 g/mol. The normalized spacial score (nSPS) is 15.5. The topological polar surface area (TPSA) is 65.2 Å². The molecule has 0 radical (unpaired) electrons. The Hall–Kier alpha value is -3.01. The number of fused-ring (bicyclic) bond motifs is 1. The van der Waals surface area contributed by atoms with E-state index in [0.29, 0.717) is 23.3 Å². The van der Waals surface area contributed by atoms with Gasteiger partial charge in [-0.2, -0.15) is 5.26 Å². The van der Waals surface area contributed by atoms with Crippen molar-refractivity contribution < 1.29 is 0 Å². The Bertz CT molecular complexity index is 1050. The van der Waals surface area contributed by atoms with Gasteiger partial charge in [-0.15, -0.1) is 0 Å². The summed E-state index contributed by atoms with van der Waals surface area (Å²) < 4.78 is 1.51. The number of benzene rings is 2. The Morgan fingerprint density at radius 3 is 2.25 bits per heavy atom. The van der Waals surface area contributed by atoms with Gasteiger partial charge in [-0.1, -0.05) is 42.5 Å². The molecule has 1 aliphatic heterocycles. The van der Waals surface area contributed by atoms with Crippen LogP contribution >= 0.6 is 0 Å². The average molecular weight is 373 g/mol. The minimum atomic E-state index is -0.134. The lowest BCUT2D eigenvalue weighted by Gasteiger charge is -2.34. The van der Waals surface area contributed by atoms with E-state index in [2.05, 4.69) is 40.1 Å². The molecule has 0 amide bonds. The predicted molar refractivity (Wildman–Crippen MR) is 109 cm³/mol. The fourth-order valence-electron chi connectivity index (χ4n) is 3.72. The van der Waals surface area contributed by atoms with Crippen molar-refractivity contribution in [2.24, 2.45) is 0 Å². The van der Waals surface area contributed by atoms with Crippen molar-refractivity contribution in [1.82, 2.24) is 19.4 Å². The summed E-state index contributed by atoms with van der Waals surface area (Å²) in [5.74, 6) is 0.668. The van der Waals surface area contributed by atoms with Crippen molar-refractivity contribution in [3.8, 4) is 6.07 Å². The van der Waals surface area contributed by atoms with Crippen LogP contribution < -0.4 is 5.56 Å². The first-order valence-corrected chi connectivity index (χ1v) is 9.58. The highest BCUT2D eigenvalue weighted by Crippen LogP contribution is 2.13. The van der Waals surface area contributed by atoms with Gasteiger partial charge in [-0.3, -0.25) is 19.2 Å². The molecule has 1 fully saturated rings. The Labute approximate surface area is 164 Å². The second kappa shape index (κ2) is 8.34. The summed E-state index contributed by atoms with van der Waals surface area (Å²) in [5.41, 5.74) is 1.89. The molecule has 28 heavy (non-hydrogen) atoms. The van der Waals surface area contributed by atoms with Gasteiger partial charge < -0.3 is 0 Å². The fraction of sp³-hybridized carbons (Fsp3) is 0.318. The second-order valence-electron chi connectivity index (χ2n) is 7.13. The van der Waals surface area contributed by atoms with Crippen LogP contribution in [0.3, 0.4) is 0 Å². The number of nitriles is 1. The van der Waals surface area contributed by atoms with Gasteiger partial charge >= 0.3 is 0 Å². The van der Waals surface area contributed by atoms with Gasteiger partial charge in [0.2, 0.25) is 0 Å². The molecule has 0 atom stereocenters. The first kappa shape index (κ1) is 18.4. The zero-order valence-electron chi connectivity index (χ0n) is 15.8. The zero-order chi connectivity index (χ0) is 19.3. The van der Waals surface area contributed by atoms with Gasteiger partial charge in [-0.05, 0) is 17.7 Å². The van der Waals surface area contributed by atoms with Crippen molar-refractivity contribution in [2.75, 3.05) is 26.2 Å². The molecule has 6 nitrogen and oxygen atoms in total. The van der Waals surface area contributed by atoms with Crippen LogP contribution in [-0.4, -0.2) is 45.5 Å². The van der Waals surface area contributed by atoms with E-state index in [9.17, 15) is 4.79 Å². The smallest absolute Gasteiger partial charge is 0.262 e. The van der Waals surface area contributed by atoms with Gasteiger partial charge in [-0.25, -0.2) is 4.98 Å². The first-order valence-electron chi connectivity index (χ1n) is 9.58. The van der Waals surface area contributed by atoms with Crippen LogP contribution in [0.15, 0.2) is 59.4 Å². The standard InChI is InChI=1S/C22H23N5O/c23-10-11-27-21(24-20-9-5-4-8-19(20)22(27)28)17-26-14-12-25(13-15-26)16-18-6-2-1-3-7-18/h1-9H,11-17H2. The molecule has 2 heterocycles. The molecule has 0 spiro atoms. The average Bonchev–Trinajstić information content (AvgIpc) is 2.73. The maximum absolute atomic E-state index is 12.8. The molecule has 6 heteroatoms. The summed E-state index contributed by atoms with van der Waals surface area (Å²) in [7, 11) is 0. The third kappa shape index (κ3) is 3.96. The lowest BCUT2D eigenvalue weighted by atomic mass is 10.2. The number of hydrogen-bond donors (Lipinski definition) is 0. The van der Waals surface area contributed by atoms with Crippen molar-refractivity contribution in [3.63, 3.8) is 0 Å². The van der Waals surface area contributed by atoms with E-state index in [4.69, 9.17) is 10.2 Å². The minimum absolute atomic E-state index is 0.0278. The predicted octanol–water partition coefficient (Wildman–Crippen LogP) is 2.24. The maximum atomic E-state index is 12.8. The number of aromatic nitrogens is 2. The first-order chi connectivity index (χ1) is 13.7. The molecule has 1 saturated heterocycles. The number of nitrogens with zero attached hydrogens (tertiary/aromatic N) is 5. The highest BCUT2D eigenvalue weighted by molar-refractivity contribution is 5.77. The van der Waals surface area contributed by atoms with E-state index >= 15 is 0 Å². The van der Waals surface area contributed by atoms with Gasteiger partial charge in [0.15, 0.2) is 0 Å². The van der Waals surface area contributed by atoms with Gasteiger partial charge in [0.1, 0.15) is 12.4 Å². The molecule has 1 aromatic heterocycles. The molecule has 2 aromatic carbocycles. The molecule has 0 bridgehead atoms.